The van der Waals surface area contributed by atoms with Gasteiger partial charge < -0.3 is 19.5 Å². The number of nitrogens with one attached hydrogen (secondary N) is 2. The van der Waals surface area contributed by atoms with Gasteiger partial charge >= 0.3 is 0 Å². The Balaban J connectivity index is 1.41. The Morgan fingerprint density at radius 1 is 1.08 bits per heavy atom. The summed E-state index contributed by atoms with van der Waals surface area (Å²) < 4.78 is 17.4. The van der Waals surface area contributed by atoms with Gasteiger partial charge in [0.05, 0.1) is 6.21 Å². The maximum atomic E-state index is 12.9. The number of benzene rings is 3. The molecule has 1 atom stereocenters. The topological polar surface area (TPSA) is 98.2 Å². The molecule has 0 saturated carbocycles. The summed E-state index contributed by atoms with van der Waals surface area (Å²) in [6.45, 7) is 3.98. The summed E-state index contributed by atoms with van der Waals surface area (Å²) in [5, 5.41) is 7.91. The lowest BCUT2D eigenvalue weighted by molar-refractivity contribution is -0.123. The van der Waals surface area contributed by atoms with Crippen LogP contribution in [-0.2, 0) is 11.4 Å². The predicted molar refractivity (Wildman–Crippen MR) is 149 cm³/mol. The number of nitrogens with zero attached hydrogens (tertiary/aromatic N) is 1. The summed E-state index contributed by atoms with van der Waals surface area (Å²) in [7, 11) is 0. The van der Waals surface area contributed by atoms with E-state index in [1.807, 2.05) is 19.9 Å². The lowest BCUT2D eigenvalue weighted by Crippen LogP contribution is -2.48. The maximum Gasteiger partial charge on any atom is 0.262 e. The minimum atomic E-state index is -0.824. The molecule has 0 saturated heterocycles. The van der Waals surface area contributed by atoms with E-state index in [-0.39, 0.29) is 19.3 Å². The zero-order valence-corrected chi connectivity index (χ0v) is 23.6. The van der Waals surface area contributed by atoms with Crippen molar-refractivity contribution in [2.24, 2.45) is 11.0 Å². The second-order valence-corrected chi connectivity index (χ2v) is 10.5. The van der Waals surface area contributed by atoms with Crippen molar-refractivity contribution < 1.29 is 23.8 Å². The third-order valence-corrected chi connectivity index (χ3v) is 6.70. The van der Waals surface area contributed by atoms with Gasteiger partial charge in [-0.3, -0.25) is 9.59 Å². The lowest BCUT2D eigenvalue weighted by Gasteiger charge is -2.20. The molecular formula is C27H24BrCl2N3O5. The fourth-order valence-electron chi connectivity index (χ4n) is 3.58. The Labute approximate surface area is 238 Å². The molecule has 8 nitrogen and oxygen atoms in total. The van der Waals surface area contributed by atoms with Crippen LogP contribution in [-0.4, -0.2) is 30.9 Å². The number of hydrazone groups is 1. The highest BCUT2D eigenvalue weighted by Crippen LogP contribution is 2.32. The Bertz CT molecular complexity index is 1380. The molecule has 0 spiro atoms. The molecule has 3 aromatic carbocycles. The molecule has 1 aliphatic rings. The molecule has 1 unspecified atom stereocenters. The van der Waals surface area contributed by atoms with Crippen LogP contribution in [0.5, 0.6) is 17.2 Å². The Morgan fingerprint density at radius 2 is 1.87 bits per heavy atom. The van der Waals surface area contributed by atoms with Crippen molar-refractivity contribution in [3.63, 3.8) is 0 Å². The molecule has 38 heavy (non-hydrogen) atoms. The molecule has 4 rings (SSSR count). The summed E-state index contributed by atoms with van der Waals surface area (Å²) in [5.41, 5.74) is 4.26. The quantitative estimate of drug-likeness (QED) is 0.227. The molecule has 2 N–H and O–H groups in total. The van der Waals surface area contributed by atoms with Crippen molar-refractivity contribution in [3.8, 4) is 17.2 Å². The van der Waals surface area contributed by atoms with Crippen molar-refractivity contribution in [1.82, 2.24) is 10.7 Å². The number of amides is 2. The number of hydrogen-bond acceptors (Lipinski definition) is 6. The Kier molecular flexibility index (Phi) is 9.14. The van der Waals surface area contributed by atoms with Crippen LogP contribution in [0.15, 0.2) is 64.2 Å². The van der Waals surface area contributed by atoms with E-state index in [2.05, 4.69) is 31.8 Å². The molecule has 0 radical (unpaired) electrons. The number of halogens is 3. The molecule has 198 valence electrons. The SMILES string of the molecule is CC(C)C(NC(=O)c1ccc2c(c1)OCO2)C(=O)NN=Cc1cc(Br)ccc1OCc1ccc(Cl)cc1Cl. The number of fused-ring (bicyclic) bond motifs is 1. The van der Waals surface area contributed by atoms with Crippen molar-refractivity contribution in [3.05, 3.63) is 85.8 Å². The average Bonchev–Trinajstić information content (AvgIpc) is 3.35. The van der Waals surface area contributed by atoms with E-state index in [9.17, 15) is 9.59 Å². The molecule has 3 aromatic rings. The molecule has 0 bridgehead atoms. The zero-order chi connectivity index (χ0) is 27.2. The summed E-state index contributed by atoms with van der Waals surface area (Å²) >= 11 is 15.7. The van der Waals surface area contributed by atoms with Gasteiger partial charge in [0.25, 0.3) is 11.8 Å². The highest BCUT2D eigenvalue weighted by Gasteiger charge is 2.25. The maximum absolute atomic E-state index is 12.9. The third-order valence-electron chi connectivity index (χ3n) is 5.62. The van der Waals surface area contributed by atoms with E-state index < -0.39 is 17.9 Å². The summed E-state index contributed by atoms with van der Waals surface area (Å²) in [6.07, 6.45) is 1.47. The van der Waals surface area contributed by atoms with E-state index in [1.54, 1.807) is 48.5 Å². The first-order chi connectivity index (χ1) is 18.2. The zero-order valence-electron chi connectivity index (χ0n) is 20.5. The standard InChI is InChI=1S/C27H24BrCl2N3O5/c1-15(2)25(32-26(34)16-4-7-23-24(10-16)38-14-37-23)27(35)33-31-12-18-9-19(28)5-8-22(18)36-13-17-3-6-20(29)11-21(17)30/h3-12,15,25H,13-14H2,1-2H3,(H,32,34)(H,33,35). The highest BCUT2D eigenvalue weighted by atomic mass is 79.9. The van der Waals surface area contributed by atoms with Gasteiger partial charge in [-0.2, -0.15) is 5.10 Å². The van der Waals surface area contributed by atoms with Crippen LogP contribution in [0.4, 0.5) is 0 Å². The van der Waals surface area contributed by atoms with Gasteiger partial charge in [-0.1, -0.05) is 59.0 Å². The van der Waals surface area contributed by atoms with Gasteiger partial charge in [0, 0.05) is 31.2 Å². The van der Waals surface area contributed by atoms with Gasteiger partial charge in [0.15, 0.2) is 11.5 Å². The minimum absolute atomic E-state index is 0.106. The molecule has 0 aromatic heterocycles. The van der Waals surface area contributed by atoms with Crippen LogP contribution >= 0.6 is 39.1 Å². The fourth-order valence-corrected chi connectivity index (χ4v) is 4.42. The molecule has 11 heteroatoms. The van der Waals surface area contributed by atoms with E-state index >= 15 is 0 Å². The molecule has 1 heterocycles. The Hall–Kier alpha value is -3.27. The summed E-state index contributed by atoms with van der Waals surface area (Å²) in [4.78, 5) is 25.7. The number of carbonyl (C=O) groups excluding carboxylic acids is 2. The van der Waals surface area contributed by atoms with Crippen LogP contribution in [0.2, 0.25) is 10.0 Å². The first kappa shape index (κ1) is 27.8. The van der Waals surface area contributed by atoms with Crippen LogP contribution in [0.3, 0.4) is 0 Å². The van der Waals surface area contributed by atoms with E-state index in [0.717, 1.165) is 10.0 Å². The van der Waals surface area contributed by atoms with Gasteiger partial charge in [0.2, 0.25) is 6.79 Å². The van der Waals surface area contributed by atoms with Crippen molar-refractivity contribution >= 4 is 57.2 Å². The van der Waals surface area contributed by atoms with Gasteiger partial charge in [-0.05, 0) is 54.4 Å². The largest absolute Gasteiger partial charge is 0.488 e. The first-order valence-electron chi connectivity index (χ1n) is 11.6. The van der Waals surface area contributed by atoms with Crippen LogP contribution < -0.4 is 25.0 Å². The van der Waals surface area contributed by atoms with Crippen LogP contribution in [0.25, 0.3) is 0 Å². The first-order valence-corrected chi connectivity index (χ1v) is 13.2. The Morgan fingerprint density at radius 3 is 2.63 bits per heavy atom. The second kappa shape index (κ2) is 12.5. The summed E-state index contributed by atoms with van der Waals surface area (Å²) in [6, 6.07) is 14.6. The average molecular weight is 621 g/mol. The predicted octanol–water partition coefficient (Wildman–Crippen LogP) is 5.97. The number of hydrogen-bond donors (Lipinski definition) is 2. The van der Waals surface area contributed by atoms with Crippen molar-refractivity contribution in [2.45, 2.75) is 26.5 Å². The molecular weight excluding hydrogens is 597 g/mol. The summed E-state index contributed by atoms with van der Waals surface area (Å²) in [5.74, 6) is 0.519. The van der Waals surface area contributed by atoms with Crippen LogP contribution in [0.1, 0.15) is 35.3 Å². The van der Waals surface area contributed by atoms with Gasteiger partial charge in [0.1, 0.15) is 18.4 Å². The van der Waals surface area contributed by atoms with Crippen molar-refractivity contribution in [1.29, 1.82) is 0 Å². The number of rotatable bonds is 9. The van der Waals surface area contributed by atoms with Crippen LogP contribution in [0, 0.1) is 5.92 Å². The van der Waals surface area contributed by atoms with Crippen molar-refractivity contribution in [2.75, 3.05) is 6.79 Å². The lowest BCUT2D eigenvalue weighted by atomic mass is 10.0. The molecule has 1 aliphatic heterocycles. The molecule has 0 aliphatic carbocycles. The molecule has 0 fully saturated rings. The van der Waals surface area contributed by atoms with E-state index in [4.69, 9.17) is 37.4 Å². The van der Waals surface area contributed by atoms with E-state index in [1.165, 1.54) is 6.21 Å². The highest BCUT2D eigenvalue weighted by molar-refractivity contribution is 9.10. The second-order valence-electron chi connectivity index (χ2n) is 8.70. The van der Waals surface area contributed by atoms with Gasteiger partial charge in [-0.15, -0.1) is 0 Å². The number of ether oxygens (including phenoxy) is 3. The number of carbonyl (C=O) groups is 2. The molecule has 2 amide bonds. The van der Waals surface area contributed by atoms with E-state index in [0.29, 0.717) is 38.4 Å². The third kappa shape index (κ3) is 6.98. The normalized spacial score (nSPS) is 13.0. The smallest absolute Gasteiger partial charge is 0.262 e. The monoisotopic (exact) mass is 619 g/mol. The minimum Gasteiger partial charge on any atom is -0.488 e. The van der Waals surface area contributed by atoms with Gasteiger partial charge in [-0.25, -0.2) is 5.43 Å². The fraction of sp³-hybridized carbons (Fsp3) is 0.222.